The van der Waals surface area contributed by atoms with Crippen LogP contribution < -0.4 is 5.32 Å². The van der Waals surface area contributed by atoms with Gasteiger partial charge >= 0.3 is 5.97 Å². The summed E-state index contributed by atoms with van der Waals surface area (Å²) in [5.74, 6) is -0.742. The second-order valence-corrected chi connectivity index (χ2v) is 4.24. The maximum absolute atomic E-state index is 10.3. The standard InChI is InChI=1S/C14H18N2O2/c1-11-6-5-7-12(10-15)14(11)16-9-4-2-3-8-13(17)18/h5-7,16H,2-4,8-9H2,1H3,(H,17,18). The van der Waals surface area contributed by atoms with Crippen LogP contribution in [0.4, 0.5) is 5.69 Å². The Morgan fingerprint density at radius 3 is 2.83 bits per heavy atom. The lowest BCUT2D eigenvalue weighted by atomic mass is 10.1. The molecule has 0 heterocycles. The smallest absolute Gasteiger partial charge is 0.303 e. The van der Waals surface area contributed by atoms with Gasteiger partial charge in [0.15, 0.2) is 0 Å². The van der Waals surface area contributed by atoms with Gasteiger partial charge in [-0.3, -0.25) is 4.79 Å². The summed E-state index contributed by atoms with van der Waals surface area (Å²) in [4.78, 5) is 10.3. The largest absolute Gasteiger partial charge is 0.481 e. The minimum absolute atomic E-state index is 0.230. The van der Waals surface area contributed by atoms with Crippen molar-refractivity contribution in [3.63, 3.8) is 0 Å². The molecule has 0 atom stereocenters. The lowest BCUT2D eigenvalue weighted by Gasteiger charge is -2.10. The molecule has 0 aromatic heterocycles. The number of rotatable bonds is 7. The Labute approximate surface area is 107 Å². The molecule has 18 heavy (non-hydrogen) atoms. The van der Waals surface area contributed by atoms with E-state index in [0.717, 1.165) is 30.6 Å². The van der Waals surface area contributed by atoms with Crippen LogP contribution in [0.25, 0.3) is 0 Å². The first-order valence-corrected chi connectivity index (χ1v) is 6.10. The van der Waals surface area contributed by atoms with E-state index in [1.165, 1.54) is 0 Å². The number of hydrogen-bond acceptors (Lipinski definition) is 3. The van der Waals surface area contributed by atoms with E-state index in [1.54, 1.807) is 6.07 Å². The molecular weight excluding hydrogens is 228 g/mol. The Hall–Kier alpha value is -2.02. The molecule has 0 radical (unpaired) electrons. The molecular formula is C14H18N2O2. The quantitative estimate of drug-likeness (QED) is 0.725. The molecule has 0 unspecified atom stereocenters. The summed E-state index contributed by atoms with van der Waals surface area (Å²) in [5.41, 5.74) is 2.60. The Bertz CT molecular complexity index is 450. The van der Waals surface area contributed by atoms with Crippen LogP contribution in [0.15, 0.2) is 18.2 Å². The van der Waals surface area contributed by atoms with Crippen molar-refractivity contribution in [3.8, 4) is 6.07 Å². The van der Waals surface area contributed by atoms with E-state index in [9.17, 15) is 4.79 Å². The van der Waals surface area contributed by atoms with Crippen molar-refractivity contribution in [3.05, 3.63) is 29.3 Å². The van der Waals surface area contributed by atoms with Crippen LogP contribution in [0.5, 0.6) is 0 Å². The van der Waals surface area contributed by atoms with Gasteiger partial charge in [0.2, 0.25) is 0 Å². The number of benzene rings is 1. The number of carbonyl (C=O) groups is 1. The molecule has 0 aliphatic carbocycles. The average molecular weight is 246 g/mol. The molecule has 0 saturated heterocycles. The zero-order valence-electron chi connectivity index (χ0n) is 10.6. The lowest BCUT2D eigenvalue weighted by Crippen LogP contribution is -2.05. The van der Waals surface area contributed by atoms with E-state index < -0.39 is 5.97 Å². The lowest BCUT2D eigenvalue weighted by molar-refractivity contribution is -0.137. The fourth-order valence-corrected chi connectivity index (χ4v) is 1.79. The number of unbranched alkanes of at least 4 members (excludes halogenated alkanes) is 2. The van der Waals surface area contributed by atoms with Crippen molar-refractivity contribution in [2.45, 2.75) is 32.6 Å². The van der Waals surface area contributed by atoms with Crippen molar-refractivity contribution in [1.82, 2.24) is 0 Å². The molecule has 4 nitrogen and oxygen atoms in total. The predicted molar refractivity (Wildman–Crippen MR) is 70.5 cm³/mol. The predicted octanol–water partition coefficient (Wildman–Crippen LogP) is 2.92. The van der Waals surface area contributed by atoms with Crippen LogP contribution >= 0.6 is 0 Å². The zero-order chi connectivity index (χ0) is 13.4. The summed E-state index contributed by atoms with van der Waals surface area (Å²) in [6.45, 7) is 2.73. The highest BCUT2D eigenvalue weighted by Gasteiger charge is 2.03. The van der Waals surface area contributed by atoms with E-state index in [0.29, 0.717) is 12.0 Å². The van der Waals surface area contributed by atoms with Crippen LogP contribution in [0, 0.1) is 18.3 Å². The van der Waals surface area contributed by atoms with Crippen LogP contribution in [0.1, 0.15) is 36.8 Å². The van der Waals surface area contributed by atoms with E-state index in [1.807, 2.05) is 19.1 Å². The number of anilines is 1. The second kappa shape index (κ2) is 7.33. The van der Waals surface area contributed by atoms with Gasteiger partial charge in [-0.15, -0.1) is 0 Å². The highest BCUT2D eigenvalue weighted by Crippen LogP contribution is 2.19. The van der Waals surface area contributed by atoms with Gasteiger partial charge in [-0.25, -0.2) is 0 Å². The van der Waals surface area contributed by atoms with E-state index in [4.69, 9.17) is 10.4 Å². The Balaban J connectivity index is 2.36. The number of hydrogen-bond donors (Lipinski definition) is 2. The second-order valence-electron chi connectivity index (χ2n) is 4.24. The number of carboxylic acid groups (broad SMARTS) is 1. The molecule has 0 spiro atoms. The highest BCUT2D eigenvalue weighted by molar-refractivity contribution is 5.66. The van der Waals surface area contributed by atoms with Crippen LogP contribution in [-0.2, 0) is 4.79 Å². The summed E-state index contributed by atoms with van der Waals surface area (Å²) in [6, 6.07) is 7.79. The summed E-state index contributed by atoms with van der Waals surface area (Å²) >= 11 is 0. The third kappa shape index (κ3) is 4.46. The maximum Gasteiger partial charge on any atom is 0.303 e. The summed E-state index contributed by atoms with van der Waals surface area (Å²) in [6.07, 6.45) is 2.73. The van der Waals surface area contributed by atoms with Crippen molar-refractivity contribution in [2.75, 3.05) is 11.9 Å². The topological polar surface area (TPSA) is 73.1 Å². The third-order valence-corrected chi connectivity index (χ3v) is 2.76. The van der Waals surface area contributed by atoms with Crippen molar-refractivity contribution >= 4 is 11.7 Å². The van der Waals surface area contributed by atoms with Gasteiger partial charge < -0.3 is 10.4 Å². The van der Waals surface area contributed by atoms with Gasteiger partial charge in [0.1, 0.15) is 6.07 Å². The van der Waals surface area contributed by atoms with Crippen LogP contribution in [-0.4, -0.2) is 17.6 Å². The normalized spacial score (nSPS) is 9.78. The number of carboxylic acids is 1. The van der Waals surface area contributed by atoms with Crippen molar-refractivity contribution in [2.24, 2.45) is 0 Å². The summed E-state index contributed by atoms with van der Waals surface area (Å²) in [7, 11) is 0. The van der Waals surface area contributed by atoms with E-state index >= 15 is 0 Å². The zero-order valence-corrected chi connectivity index (χ0v) is 10.6. The van der Waals surface area contributed by atoms with Gasteiger partial charge in [-0.05, 0) is 31.4 Å². The minimum Gasteiger partial charge on any atom is -0.481 e. The van der Waals surface area contributed by atoms with Gasteiger partial charge in [-0.2, -0.15) is 5.26 Å². The summed E-state index contributed by atoms with van der Waals surface area (Å²) < 4.78 is 0. The molecule has 0 saturated carbocycles. The molecule has 0 aliphatic heterocycles. The molecule has 4 heteroatoms. The fourth-order valence-electron chi connectivity index (χ4n) is 1.79. The van der Waals surface area contributed by atoms with Gasteiger partial charge in [0.25, 0.3) is 0 Å². The Morgan fingerprint density at radius 1 is 1.39 bits per heavy atom. The molecule has 2 N–H and O–H groups in total. The fraction of sp³-hybridized carbons (Fsp3) is 0.429. The van der Waals surface area contributed by atoms with Crippen LogP contribution in [0.3, 0.4) is 0 Å². The molecule has 1 rings (SSSR count). The minimum atomic E-state index is -0.742. The van der Waals surface area contributed by atoms with Gasteiger partial charge in [0, 0.05) is 13.0 Å². The SMILES string of the molecule is Cc1cccc(C#N)c1NCCCCCC(=O)O. The average Bonchev–Trinajstić information content (AvgIpc) is 2.34. The first kappa shape index (κ1) is 14.0. The van der Waals surface area contributed by atoms with Gasteiger partial charge in [-0.1, -0.05) is 18.6 Å². The molecule has 0 bridgehead atoms. The third-order valence-electron chi connectivity index (χ3n) is 2.76. The molecule has 1 aromatic carbocycles. The van der Waals surface area contributed by atoms with E-state index in [2.05, 4.69) is 11.4 Å². The number of nitriles is 1. The van der Waals surface area contributed by atoms with Crippen LogP contribution in [0.2, 0.25) is 0 Å². The van der Waals surface area contributed by atoms with E-state index in [-0.39, 0.29) is 6.42 Å². The molecule has 1 aromatic rings. The molecule has 0 aliphatic rings. The highest BCUT2D eigenvalue weighted by atomic mass is 16.4. The van der Waals surface area contributed by atoms with Crippen molar-refractivity contribution < 1.29 is 9.90 Å². The number of aryl methyl sites for hydroxylation is 1. The molecule has 96 valence electrons. The number of nitrogens with one attached hydrogen (secondary N) is 1. The summed E-state index contributed by atoms with van der Waals surface area (Å²) in [5, 5.41) is 20.7. The number of nitrogens with zero attached hydrogens (tertiary/aromatic N) is 1. The number of aliphatic carboxylic acids is 1. The first-order chi connectivity index (χ1) is 8.65. The number of para-hydroxylation sites is 1. The monoisotopic (exact) mass is 246 g/mol. The Morgan fingerprint density at radius 2 is 2.17 bits per heavy atom. The first-order valence-electron chi connectivity index (χ1n) is 6.10. The van der Waals surface area contributed by atoms with Crippen molar-refractivity contribution in [1.29, 1.82) is 5.26 Å². The maximum atomic E-state index is 10.3. The molecule has 0 fully saturated rings. The Kier molecular flexibility index (Phi) is 5.72. The molecule has 0 amide bonds. The van der Waals surface area contributed by atoms with Gasteiger partial charge in [0.05, 0.1) is 11.3 Å².